The molecule has 2 aromatic rings. The zero-order valence-electron chi connectivity index (χ0n) is 11.8. The van der Waals surface area contributed by atoms with E-state index in [1.165, 1.54) is 0 Å². The summed E-state index contributed by atoms with van der Waals surface area (Å²) in [5, 5.41) is 4.75. The summed E-state index contributed by atoms with van der Waals surface area (Å²) in [6.07, 6.45) is 1.30. The highest BCUT2D eigenvalue weighted by Crippen LogP contribution is 2.30. The van der Waals surface area contributed by atoms with E-state index in [9.17, 15) is 0 Å². The Kier molecular flexibility index (Phi) is 4.65. The summed E-state index contributed by atoms with van der Waals surface area (Å²) in [6, 6.07) is 10.5. The number of hydrogen-bond acceptors (Lipinski definition) is 4. The van der Waals surface area contributed by atoms with Gasteiger partial charge in [0.15, 0.2) is 0 Å². The molecule has 1 fully saturated rings. The van der Waals surface area contributed by atoms with Gasteiger partial charge in [-0.05, 0) is 25.1 Å². The Hall–Kier alpha value is -0.970. The van der Waals surface area contributed by atoms with E-state index in [4.69, 9.17) is 9.15 Å². The SMILES string of the molecule is CCCNC(c1cc2ccccc2o1)C1CSCCO1. The molecule has 3 nitrogen and oxygen atoms in total. The Morgan fingerprint density at radius 3 is 3.05 bits per heavy atom. The number of furan rings is 1. The molecular weight excluding hydrogens is 270 g/mol. The van der Waals surface area contributed by atoms with Gasteiger partial charge in [-0.3, -0.25) is 0 Å². The number of benzene rings is 1. The van der Waals surface area contributed by atoms with Crippen LogP contribution >= 0.6 is 11.8 Å². The molecule has 2 unspecified atom stereocenters. The number of thioether (sulfide) groups is 1. The molecule has 1 N–H and O–H groups in total. The second-order valence-corrected chi connectivity index (χ2v) is 6.25. The van der Waals surface area contributed by atoms with Crippen LogP contribution in [0.1, 0.15) is 25.1 Å². The molecular formula is C16H21NO2S. The zero-order chi connectivity index (χ0) is 13.8. The summed E-state index contributed by atoms with van der Waals surface area (Å²) in [5.41, 5.74) is 0.953. The lowest BCUT2D eigenvalue weighted by atomic mass is 10.1. The number of ether oxygens (including phenoxy) is 1. The Morgan fingerprint density at radius 2 is 2.30 bits per heavy atom. The maximum absolute atomic E-state index is 6.03. The maximum Gasteiger partial charge on any atom is 0.134 e. The van der Waals surface area contributed by atoms with E-state index >= 15 is 0 Å². The van der Waals surface area contributed by atoms with Crippen molar-refractivity contribution in [3.8, 4) is 0 Å². The molecule has 1 saturated heterocycles. The standard InChI is InChI=1S/C16H21NO2S/c1-2-7-17-16(15-11-20-9-8-18-15)14-10-12-5-3-4-6-13(12)19-14/h3-6,10,15-17H,2,7-9,11H2,1H3. The van der Waals surface area contributed by atoms with Crippen molar-refractivity contribution in [3.05, 3.63) is 36.1 Å². The van der Waals surface area contributed by atoms with Crippen molar-refractivity contribution in [2.75, 3.05) is 24.7 Å². The Bertz CT molecular complexity index is 515. The first kappa shape index (κ1) is 14.0. The minimum atomic E-state index is 0.148. The average molecular weight is 291 g/mol. The van der Waals surface area contributed by atoms with Crippen LogP contribution < -0.4 is 5.32 Å². The lowest BCUT2D eigenvalue weighted by molar-refractivity contribution is 0.0414. The van der Waals surface area contributed by atoms with Crippen molar-refractivity contribution in [2.45, 2.75) is 25.5 Å². The van der Waals surface area contributed by atoms with Crippen LogP contribution in [0.4, 0.5) is 0 Å². The monoisotopic (exact) mass is 291 g/mol. The molecule has 1 aliphatic heterocycles. The molecule has 108 valence electrons. The number of rotatable bonds is 5. The van der Waals surface area contributed by atoms with Gasteiger partial charge in [0.25, 0.3) is 0 Å². The fourth-order valence-electron chi connectivity index (χ4n) is 2.57. The normalized spacial score (nSPS) is 21.1. The summed E-state index contributed by atoms with van der Waals surface area (Å²) in [6.45, 7) is 3.99. The van der Waals surface area contributed by atoms with Crippen LogP contribution in [-0.2, 0) is 4.74 Å². The van der Waals surface area contributed by atoms with Gasteiger partial charge in [0.05, 0.1) is 18.8 Å². The molecule has 1 aromatic carbocycles. The lowest BCUT2D eigenvalue weighted by Crippen LogP contribution is -2.38. The van der Waals surface area contributed by atoms with Gasteiger partial charge >= 0.3 is 0 Å². The molecule has 0 bridgehead atoms. The summed E-state index contributed by atoms with van der Waals surface area (Å²) in [4.78, 5) is 0. The van der Waals surface area contributed by atoms with Crippen molar-refractivity contribution in [3.63, 3.8) is 0 Å². The third kappa shape index (κ3) is 3.03. The smallest absolute Gasteiger partial charge is 0.134 e. The largest absolute Gasteiger partial charge is 0.459 e. The van der Waals surface area contributed by atoms with Gasteiger partial charge in [0, 0.05) is 16.9 Å². The van der Waals surface area contributed by atoms with Crippen molar-refractivity contribution in [1.82, 2.24) is 5.32 Å². The molecule has 0 spiro atoms. The molecule has 1 aliphatic rings. The fraction of sp³-hybridized carbons (Fsp3) is 0.500. The molecule has 2 atom stereocenters. The number of fused-ring (bicyclic) bond motifs is 1. The van der Waals surface area contributed by atoms with Crippen LogP contribution in [0.15, 0.2) is 34.7 Å². The maximum atomic E-state index is 6.03. The highest BCUT2D eigenvalue weighted by molar-refractivity contribution is 7.99. The van der Waals surface area contributed by atoms with E-state index in [0.29, 0.717) is 0 Å². The Balaban J connectivity index is 1.86. The molecule has 0 radical (unpaired) electrons. The van der Waals surface area contributed by atoms with Crippen molar-refractivity contribution in [2.24, 2.45) is 0 Å². The van der Waals surface area contributed by atoms with Gasteiger partial charge in [-0.15, -0.1) is 0 Å². The van der Waals surface area contributed by atoms with Crippen LogP contribution in [0.3, 0.4) is 0 Å². The van der Waals surface area contributed by atoms with Crippen molar-refractivity contribution < 1.29 is 9.15 Å². The zero-order valence-corrected chi connectivity index (χ0v) is 12.6. The number of nitrogens with one attached hydrogen (secondary N) is 1. The molecule has 0 aliphatic carbocycles. The Morgan fingerprint density at radius 1 is 1.40 bits per heavy atom. The van der Waals surface area contributed by atoms with E-state index in [1.807, 2.05) is 30.0 Å². The van der Waals surface area contributed by atoms with Crippen LogP contribution in [0.2, 0.25) is 0 Å². The molecule has 3 rings (SSSR count). The van der Waals surface area contributed by atoms with Crippen LogP contribution in [0, 0.1) is 0 Å². The van der Waals surface area contributed by atoms with E-state index < -0.39 is 0 Å². The molecule has 20 heavy (non-hydrogen) atoms. The van der Waals surface area contributed by atoms with Gasteiger partial charge in [-0.1, -0.05) is 25.1 Å². The fourth-order valence-corrected chi connectivity index (χ4v) is 3.47. The first-order chi connectivity index (χ1) is 9.88. The van der Waals surface area contributed by atoms with E-state index in [1.54, 1.807) is 0 Å². The van der Waals surface area contributed by atoms with Crippen LogP contribution in [0.25, 0.3) is 11.0 Å². The minimum Gasteiger partial charge on any atom is -0.459 e. The molecule has 1 aromatic heterocycles. The number of para-hydroxylation sites is 1. The molecule has 0 amide bonds. The highest BCUT2D eigenvalue weighted by Gasteiger charge is 2.28. The summed E-state index contributed by atoms with van der Waals surface area (Å²) in [5.74, 6) is 3.11. The first-order valence-electron chi connectivity index (χ1n) is 7.29. The molecule has 2 heterocycles. The highest BCUT2D eigenvalue weighted by atomic mass is 32.2. The summed E-state index contributed by atoms with van der Waals surface area (Å²) in [7, 11) is 0. The minimum absolute atomic E-state index is 0.148. The molecule has 0 saturated carbocycles. The van der Waals surface area contributed by atoms with Gasteiger partial charge in [-0.25, -0.2) is 0 Å². The third-order valence-electron chi connectivity index (χ3n) is 3.58. The summed E-state index contributed by atoms with van der Waals surface area (Å²) < 4.78 is 12.0. The van der Waals surface area contributed by atoms with Gasteiger partial charge in [-0.2, -0.15) is 11.8 Å². The van der Waals surface area contributed by atoms with Crippen LogP contribution in [0.5, 0.6) is 0 Å². The van der Waals surface area contributed by atoms with Gasteiger partial charge < -0.3 is 14.5 Å². The lowest BCUT2D eigenvalue weighted by Gasteiger charge is -2.29. The van der Waals surface area contributed by atoms with E-state index in [0.717, 1.165) is 47.8 Å². The van der Waals surface area contributed by atoms with E-state index in [-0.39, 0.29) is 12.1 Å². The summed E-state index contributed by atoms with van der Waals surface area (Å²) >= 11 is 1.96. The second-order valence-electron chi connectivity index (χ2n) is 5.10. The van der Waals surface area contributed by atoms with Crippen LogP contribution in [-0.4, -0.2) is 30.8 Å². The molecule has 4 heteroatoms. The van der Waals surface area contributed by atoms with Gasteiger partial charge in [0.2, 0.25) is 0 Å². The third-order valence-corrected chi connectivity index (χ3v) is 4.60. The predicted molar refractivity (Wildman–Crippen MR) is 84.3 cm³/mol. The van der Waals surface area contributed by atoms with Gasteiger partial charge in [0.1, 0.15) is 11.3 Å². The topological polar surface area (TPSA) is 34.4 Å². The quantitative estimate of drug-likeness (QED) is 0.912. The average Bonchev–Trinajstić information content (AvgIpc) is 2.92. The predicted octanol–water partition coefficient (Wildman–Crippen LogP) is 3.61. The first-order valence-corrected chi connectivity index (χ1v) is 8.45. The Labute approximate surface area is 124 Å². The van der Waals surface area contributed by atoms with Crippen molar-refractivity contribution >= 4 is 22.7 Å². The number of hydrogen-bond donors (Lipinski definition) is 1. The van der Waals surface area contributed by atoms with Crippen molar-refractivity contribution in [1.29, 1.82) is 0 Å². The second kappa shape index (κ2) is 6.66. The van der Waals surface area contributed by atoms with E-state index in [2.05, 4.69) is 24.4 Å².